The molecule has 24 rings (SSSR count). The molecule has 21 aromatic rings. The van der Waals surface area contributed by atoms with Crippen LogP contribution in [0.2, 0.25) is 0 Å². The van der Waals surface area contributed by atoms with E-state index in [0.29, 0.717) is 0 Å². The molecule has 15 heteroatoms. The van der Waals surface area contributed by atoms with Crippen molar-refractivity contribution in [3.8, 4) is 33.4 Å². The highest BCUT2D eigenvalue weighted by Crippen LogP contribution is 2.49. The van der Waals surface area contributed by atoms with Crippen molar-refractivity contribution in [2.45, 2.75) is 117 Å². The summed E-state index contributed by atoms with van der Waals surface area (Å²) in [6.45, 7) is 25.0. The molecule has 15 aromatic carbocycles. The lowest BCUT2D eigenvalue weighted by Gasteiger charge is -2.32. The van der Waals surface area contributed by atoms with Crippen molar-refractivity contribution in [1.29, 1.82) is 0 Å². The van der Waals surface area contributed by atoms with Gasteiger partial charge in [0.05, 0.1) is 33.6 Å². The highest BCUT2D eigenvalue weighted by Gasteiger charge is 2.55. The number of hydrogen-bond donors (Lipinski definition) is 0. The van der Waals surface area contributed by atoms with Crippen molar-refractivity contribution in [3.05, 3.63) is 273 Å². The van der Waals surface area contributed by atoms with Crippen LogP contribution >= 0.6 is 11.3 Å². The summed E-state index contributed by atoms with van der Waals surface area (Å²) >= 11 is 1.82. The SMILES string of the molecule is CC1(C)OB(c2ccc3oc4cc(-c5c6ccccc6cc6oc7ccccc7c56)ccc4c3c2)OC1(C)C.CC1(C)OB(c2cccc3c2oc2c(-c4cccc5cc6c(cc45)oc4ccccc46)cccc23)OC1(C)C.CC1(C)OB(c2cccc3sc4ccc(-c5c6ccccc6cc6oc7ccccc7c56)cc4c23)OC1(C)C. The average molecular weight is 1550 g/mol. The Morgan fingerprint density at radius 2 is 0.658 bits per heavy atom. The predicted molar refractivity (Wildman–Crippen MR) is 485 cm³/mol. The molecule has 6 aromatic heterocycles. The Bertz CT molecular complexity index is 7690. The summed E-state index contributed by atoms with van der Waals surface area (Å²) < 4.78 is 73.0. The number of rotatable bonds is 6. The van der Waals surface area contributed by atoms with Gasteiger partial charge in [-0.15, -0.1) is 11.3 Å². The largest absolute Gasteiger partial charge is 0.498 e. The Balaban J connectivity index is 0.000000106. The van der Waals surface area contributed by atoms with Crippen molar-refractivity contribution in [2.75, 3.05) is 0 Å². The Morgan fingerprint density at radius 1 is 0.231 bits per heavy atom. The maximum absolute atomic E-state index is 6.72. The Hall–Kier alpha value is -11.7. The van der Waals surface area contributed by atoms with Gasteiger partial charge in [-0.2, -0.15) is 0 Å². The monoisotopic (exact) mass is 1550 g/mol. The first-order chi connectivity index (χ1) is 56.4. The molecule has 0 unspecified atom stereocenters. The molecule has 3 aliphatic rings. The van der Waals surface area contributed by atoms with Crippen LogP contribution in [0, 0.1) is 0 Å². The number of benzene rings is 15. The highest BCUT2D eigenvalue weighted by atomic mass is 32.1. The minimum absolute atomic E-state index is 0.388. The molecule has 3 aliphatic heterocycles. The summed E-state index contributed by atoms with van der Waals surface area (Å²) in [6.07, 6.45) is 0. The molecule has 0 atom stereocenters. The van der Waals surface area contributed by atoms with E-state index in [9.17, 15) is 0 Å². The lowest BCUT2D eigenvalue weighted by molar-refractivity contribution is 0.00578. The summed E-state index contributed by atoms with van der Waals surface area (Å²) in [5.41, 5.74) is 16.1. The van der Waals surface area contributed by atoms with E-state index >= 15 is 0 Å². The van der Waals surface area contributed by atoms with E-state index in [2.05, 4.69) is 308 Å². The molecule has 11 nitrogen and oxygen atoms in total. The third-order valence-corrected chi connectivity index (χ3v) is 27.3. The second-order valence-electron chi connectivity index (χ2n) is 34.7. The number of thiophene rings is 1. The molecule has 0 spiro atoms. The molecular formula is C102H81B3O11S. The van der Waals surface area contributed by atoms with Crippen LogP contribution < -0.4 is 16.4 Å². The van der Waals surface area contributed by atoms with Gasteiger partial charge in [0.2, 0.25) is 0 Å². The van der Waals surface area contributed by atoms with Gasteiger partial charge in [-0.25, -0.2) is 0 Å². The zero-order valence-corrected chi connectivity index (χ0v) is 67.9. The minimum Gasteiger partial charge on any atom is -0.456 e. The molecule has 0 saturated carbocycles. The van der Waals surface area contributed by atoms with Crippen molar-refractivity contribution in [1.82, 2.24) is 0 Å². The van der Waals surface area contributed by atoms with Gasteiger partial charge < -0.3 is 50.0 Å². The van der Waals surface area contributed by atoms with Crippen molar-refractivity contribution >= 4 is 211 Å². The maximum Gasteiger partial charge on any atom is 0.498 e. The standard InChI is InChI=1S/2C34H27BO4.C34H27BO3S/c1-33(2)34(3,4)39-35(38-33)28-16-9-15-25-24-14-8-13-23(31(24)37-32(25)28)21-12-7-10-20-18-27-22-11-5-6-17-29(22)36-30(27)19-26(20)21;1-33(2)34(3,4)39-35(38-33)22-14-16-28-26(19-22)24-15-13-21(18-29(24)36-28)31-23-10-6-5-9-20(23)17-30-32(31)25-11-7-8-12-27(25)37-30;1-33(2)34(3,4)38-35(37-33)25-13-9-15-29-31(25)24-18-21(16-17-28(24)39-29)30-22-11-6-5-10-20(22)19-27-32(30)23-12-7-8-14-26(23)36-27/h3*5-19H,1-4H3. The van der Waals surface area contributed by atoms with Gasteiger partial charge in [0.15, 0.2) is 0 Å². The topological polar surface area (TPSA) is 121 Å². The zero-order valence-electron chi connectivity index (χ0n) is 67.1. The Labute approximate surface area is 679 Å². The normalized spacial score (nSPS) is 16.9. The average Bonchev–Trinajstić information content (AvgIpc) is 1.62. The molecule has 570 valence electrons. The first kappa shape index (κ1) is 71.8. The summed E-state index contributed by atoms with van der Waals surface area (Å²) in [4.78, 5) is 0. The minimum atomic E-state index is -0.498. The number of para-hydroxylation sites is 5. The fourth-order valence-corrected chi connectivity index (χ4v) is 19.0. The van der Waals surface area contributed by atoms with E-state index in [-0.39, 0.29) is 11.2 Å². The van der Waals surface area contributed by atoms with Crippen LogP contribution in [-0.2, 0) is 27.9 Å². The van der Waals surface area contributed by atoms with Gasteiger partial charge in [-0.1, -0.05) is 194 Å². The fraction of sp³-hybridized carbons (Fsp3) is 0.176. The van der Waals surface area contributed by atoms with Crippen LogP contribution in [-0.4, -0.2) is 55.0 Å². The highest BCUT2D eigenvalue weighted by molar-refractivity contribution is 7.26. The second kappa shape index (κ2) is 25.9. The maximum atomic E-state index is 6.72. The molecule has 0 radical (unpaired) electrons. The first-order valence-electron chi connectivity index (χ1n) is 40.3. The van der Waals surface area contributed by atoms with Gasteiger partial charge >= 0.3 is 21.4 Å². The molecular weight excluding hydrogens is 1470 g/mol. The first-order valence-corrected chi connectivity index (χ1v) is 41.2. The predicted octanol–water partition coefficient (Wildman–Crippen LogP) is 26.3. The molecule has 9 heterocycles. The molecule has 0 amide bonds. The van der Waals surface area contributed by atoms with Crippen LogP contribution in [0.4, 0.5) is 0 Å². The van der Waals surface area contributed by atoms with Crippen LogP contribution in [0.15, 0.2) is 295 Å². The van der Waals surface area contributed by atoms with Gasteiger partial charge in [0.25, 0.3) is 0 Å². The smallest absolute Gasteiger partial charge is 0.456 e. The summed E-state index contributed by atoms with van der Waals surface area (Å²) in [5.74, 6) is 0. The molecule has 0 aliphatic carbocycles. The number of hydrogen-bond acceptors (Lipinski definition) is 12. The van der Waals surface area contributed by atoms with Crippen molar-refractivity contribution in [2.24, 2.45) is 0 Å². The number of furan rings is 5. The van der Waals surface area contributed by atoms with Crippen LogP contribution in [0.25, 0.3) is 196 Å². The third kappa shape index (κ3) is 11.3. The quantitative estimate of drug-likeness (QED) is 0.148. The van der Waals surface area contributed by atoms with E-state index < -0.39 is 43.8 Å². The zero-order chi connectivity index (χ0) is 79.6. The van der Waals surface area contributed by atoms with Gasteiger partial charge in [-0.05, 0) is 222 Å². The Kier molecular flexibility index (Phi) is 15.9. The second-order valence-corrected chi connectivity index (χ2v) is 35.8. The molecule has 0 N–H and O–H groups in total. The van der Waals surface area contributed by atoms with Crippen LogP contribution in [0.5, 0.6) is 0 Å². The Morgan fingerprint density at radius 3 is 1.28 bits per heavy atom. The van der Waals surface area contributed by atoms with Crippen LogP contribution in [0.1, 0.15) is 83.1 Å². The fourth-order valence-electron chi connectivity index (χ4n) is 17.9. The third-order valence-electron chi connectivity index (χ3n) is 26.1. The number of fused-ring (bicyclic) bond motifs is 21. The van der Waals surface area contributed by atoms with Gasteiger partial charge in [-0.3, -0.25) is 0 Å². The summed E-state index contributed by atoms with van der Waals surface area (Å²) in [6, 6.07) is 95.7. The molecule has 117 heavy (non-hydrogen) atoms. The van der Waals surface area contributed by atoms with Crippen LogP contribution in [0.3, 0.4) is 0 Å². The van der Waals surface area contributed by atoms with Gasteiger partial charge in [0, 0.05) is 96.2 Å². The van der Waals surface area contributed by atoms with Crippen molar-refractivity contribution < 1.29 is 50.0 Å². The van der Waals surface area contributed by atoms with E-state index in [1.165, 1.54) is 47.5 Å². The van der Waals surface area contributed by atoms with E-state index in [4.69, 9.17) is 50.0 Å². The van der Waals surface area contributed by atoms with E-state index in [1.807, 2.05) is 59.9 Å². The lowest BCUT2D eigenvalue weighted by Crippen LogP contribution is -2.41. The molecule has 3 fully saturated rings. The summed E-state index contributed by atoms with van der Waals surface area (Å²) in [5, 5.41) is 20.5. The summed E-state index contributed by atoms with van der Waals surface area (Å²) in [7, 11) is -1.33. The van der Waals surface area contributed by atoms with Gasteiger partial charge in [0.1, 0.15) is 55.8 Å². The van der Waals surface area contributed by atoms with E-state index in [1.54, 1.807) is 0 Å². The molecule has 3 saturated heterocycles. The van der Waals surface area contributed by atoms with Crippen molar-refractivity contribution in [3.63, 3.8) is 0 Å². The lowest BCUT2D eigenvalue weighted by atomic mass is 9.76. The molecule has 0 bridgehead atoms. The van der Waals surface area contributed by atoms with E-state index in [0.717, 1.165) is 164 Å².